The first kappa shape index (κ1) is 13.6. The molecule has 2 aromatic rings. The fourth-order valence-electron chi connectivity index (χ4n) is 2.15. The van der Waals surface area contributed by atoms with Crippen molar-refractivity contribution >= 4 is 0 Å². The van der Waals surface area contributed by atoms with Crippen molar-refractivity contribution in [3.05, 3.63) is 64.7 Å². The summed E-state index contributed by atoms with van der Waals surface area (Å²) >= 11 is 0. The third-order valence-electron chi connectivity index (χ3n) is 3.24. The van der Waals surface area contributed by atoms with Crippen LogP contribution in [0.1, 0.15) is 35.3 Å². The van der Waals surface area contributed by atoms with Gasteiger partial charge in [0.15, 0.2) is 0 Å². The summed E-state index contributed by atoms with van der Waals surface area (Å²) in [7, 11) is 0. The second kappa shape index (κ2) is 5.89. The summed E-state index contributed by atoms with van der Waals surface area (Å²) in [4.78, 5) is 0. The third-order valence-corrected chi connectivity index (χ3v) is 3.24. The fourth-order valence-corrected chi connectivity index (χ4v) is 2.15. The Balaban J connectivity index is 2.27. The van der Waals surface area contributed by atoms with E-state index in [0.29, 0.717) is 6.61 Å². The monoisotopic (exact) mass is 256 g/mol. The highest BCUT2D eigenvalue weighted by Crippen LogP contribution is 2.27. The van der Waals surface area contributed by atoms with Gasteiger partial charge in [-0.15, -0.1) is 0 Å². The number of aryl methyl sites for hydroxylation is 2. The van der Waals surface area contributed by atoms with E-state index in [4.69, 9.17) is 4.74 Å². The molecule has 0 aliphatic rings. The first-order valence-electron chi connectivity index (χ1n) is 6.59. The maximum absolute atomic E-state index is 10.5. The number of hydrogen-bond donors (Lipinski definition) is 1. The van der Waals surface area contributed by atoms with Crippen LogP contribution in [0.4, 0.5) is 0 Å². The summed E-state index contributed by atoms with van der Waals surface area (Å²) in [5.41, 5.74) is 4.11. The van der Waals surface area contributed by atoms with Crippen molar-refractivity contribution in [1.29, 1.82) is 0 Å². The van der Waals surface area contributed by atoms with Crippen LogP contribution in [0.3, 0.4) is 0 Å². The largest absolute Gasteiger partial charge is 0.494 e. The summed E-state index contributed by atoms with van der Waals surface area (Å²) in [6.45, 7) is 6.66. The summed E-state index contributed by atoms with van der Waals surface area (Å²) in [6, 6.07) is 13.8. The second-order valence-corrected chi connectivity index (χ2v) is 4.76. The first-order chi connectivity index (χ1) is 9.11. The highest BCUT2D eigenvalue weighted by atomic mass is 16.5. The highest BCUT2D eigenvalue weighted by Gasteiger charge is 2.13. The molecular weight excluding hydrogens is 236 g/mol. The molecule has 19 heavy (non-hydrogen) atoms. The minimum Gasteiger partial charge on any atom is -0.494 e. The molecule has 1 atom stereocenters. The molecule has 2 nitrogen and oxygen atoms in total. The summed E-state index contributed by atoms with van der Waals surface area (Å²) in [5.74, 6) is 0.833. The number of hydrogen-bond acceptors (Lipinski definition) is 2. The van der Waals surface area contributed by atoms with Crippen LogP contribution in [-0.4, -0.2) is 11.7 Å². The quantitative estimate of drug-likeness (QED) is 0.902. The van der Waals surface area contributed by atoms with Crippen molar-refractivity contribution < 1.29 is 9.84 Å². The Morgan fingerprint density at radius 3 is 2.37 bits per heavy atom. The molecule has 2 aromatic carbocycles. The molecule has 0 fully saturated rings. The molecule has 1 unspecified atom stereocenters. The van der Waals surface area contributed by atoms with Crippen LogP contribution < -0.4 is 4.74 Å². The Bertz CT molecular complexity index is 544. The predicted molar refractivity (Wildman–Crippen MR) is 77.6 cm³/mol. The number of aliphatic hydroxyl groups excluding tert-OH is 1. The van der Waals surface area contributed by atoms with Gasteiger partial charge in [0.25, 0.3) is 0 Å². The van der Waals surface area contributed by atoms with Crippen LogP contribution >= 0.6 is 0 Å². The molecule has 100 valence electrons. The number of ether oxygens (including phenoxy) is 1. The lowest BCUT2D eigenvalue weighted by Gasteiger charge is -2.15. The zero-order chi connectivity index (χ0) is 13.8. The molecule has 1 N–H and O–H groups in total. The van der Waals surface area contributed by atoms with Gasteiger partial charge in [0.1, 0.15) is 11.9 Å². The lowest BCUT2D eigenvalue weighted by Crippen LogP contribution is -2.02. The lowest BCUT2D eigenvalue weighted by atomic mass is 9.96. The topological polar surface area (TPSA) is 29.5 Å². The van der Waals surface area contributed by atoms with Crippen molar-refractivity contribution in [1.82, 2.24) is 0 Å². The van der Waals surface area contributed by atoms with E-state index in [2.05, 4.69) is 6.07 Å². The van der Waals surface area contributed by atoms with Gasteiger partial charge in [0.2, 0.25) is 0 Å². The van der Waals surface area contributed by atoms with Crippen molar-refractivity contribution in [2.75, 3.05) is 6.61 Å². The Morgan fingerprint density at radius 2 is 1.74 bits per heavy atom. The van der Waals surface area contributed by atoms with Gasteiger partial charge in [0.05, 0.1) is 6.61 Å². The van der Waals surface area contributed by atoms with Gasteiger partial charge >= 0.3 is 0 Å². The number of rotatable bonds is 4. The van der Waals surface area contributed by atoms with Crippen LogP contribution in [-0.2, 0) is 0 Å². The van der Waals surface area contributed by atoms with Crippen molar-refractivity contribution in [3.63, 3.8) is 0 Å². The lowest BCUT2D eigenvalue weighted by molar-refractivity contribution is 0.219. The van der Waals surface area contributed by atoms with E-state index in [1.165, 1.54) is 0 Å². The van der Waals surface area contributed by atoms with Crippen LogP contribution in [0.25, 0.3) is 0 Å². The molecule has 0 aliphatic carbocycles. The van der Waals surface area contributed by atoms with Crippen LogP contribution in [0.2, 0.25) is 0 Å². The van der Waals surface area contributed by atoms with E-state index in [9.17, 15) is 5.11 Å². The summed E-state index contributed by atoms with van der Waals surface area (Å²) < 4.78 is 5.41. The smallest absolute Gasteiger partial charge is 0.119 e. The van der Waals surface area contributed by atoms with Crippen LogP contribution in [0.15, 0.2) is 42.5 Å². The standard InChI is InChI=1S/C17H20O2/c1-4-19-15-9-7-14(8-10-15)17(18)16-11-12(2)5-6-13(16)3/h5-11,17-18H,4H2,1-3H3. The van der Waals surface area contributed by atoms with E-state index in [0.717, 1.165) is 28.0 Å². The Kier molecular flexibility index (Phi) is 4.23. The number of benzene rings is 2. The van der Waals surface area contributed by atoms with Crippen LogP contribution in [0.5, 0.6) is 5.75 Å². The number of aliphatic hydroxyl groups is 1. The first-order valence-corrected chi connectivity index (χ1v) is 6.59. The summed E-state index contributed by atoms with van der Waals surface area (Å²) in [6.07, 6.45) is -0.587. The molecule has 0 spiro atoms. The predicted octanol–water partition coefficient (Wildman–Crippen LogP) is 3.78. The second-order valence-electron chi connectivity index (χ2n) is 4.76. The molecule has 0 bridgehead atoms. The van der Waals surface area contributed by atoms with Crippen molar-refractivity contribution in [2.24, 2.45) is 0 Å². The molecule has 0 heterocycles. The van der Waals surface area contributed by atoms with Gasteiger partial charge in [-0.1, -0.05) is 35.9 Å². The van der Waals surface area contributed by atoms with Gasteiger partial charge in [-0.2, -0.15) is 0 Å². The Morgan fingerprint density at radius 1 is 1.05 bits per heavy atom. The van der Waals surface area contributed by atoms with E-state index < -0.39 is 6.10 Å². The highest BCUT2D eigenvalue weighted by molar-refractivity contribution is 5.39. The maximum atomic E-state index is 10.5. The summed E-state index contributed by atoms with van der Waals surface area (Å²) in [5, 5.41) is 10.5. The van der Waals surface area contributed by atoms with Crippen molar-refractivity contribution in [3.8, 4) is 5.75 Å². The fraction of sp³-hybridized carbons (Fsp3) is 0.294. The minimum absolute atomic E-state index is 0.587. The van der Waals surface area contributed by atoms with Gasteiger partial charge in [0, 0.05) is 0 Å². The molecule has 2 rings (SSSR count). The van der Waals surface area contributed by atoms with Crippen molar-refractivity contribution in [2.45, 2.75) is 26.9 Å². The molecule has 0 amide bonds. The van der Waals surface area contributed by atoms with Gasteiger partial charge in [-0.3, -0.25) is 0 Å². The zero-order valence-electron chi connectivity index (χ0n) is 11.7. The Hall–Kier alpha value is -1.80. The molecule has 0 aromatic heterocycles. The van der Waals surface area contributed by atoms with E-state index in [1.54, 1.807) is 0 Å². The van der Waals surface area contributed by atoms with Gasteiger partial charge in [-0.05, 0) is 49.6 Å². The molecule has 0 aliphatic heterocycles. The van der Waals surface area contributed by atoms with Gasteiger partial charge < -0.3 is 9.84 Å². The molecular formula is C17H20O2. The normalized spacial score (nSPS) is 12.2. The SMILES string of the molecule is CCOc1ccc(C(O)c2cc(C)ccc2C)cc1. The zero-order valence-corrected chi connectivity index (χ0v) is 11.7. The third kappa shape index (κ3) is 3.15. The average Bonchev–Trinajstić information content (AvgIpc) is 2.42. The van der Waals surface area contributed by atoms with Crippen LogP contribution in [0, 0.1) is 13.8 Å². The van der Waals surface area contributed by atoms with E-state index in [-0.39, 0.29) is 0 Å². The van der Waals surface area contributed by atoms with E-state index in [1.807, 2.05) is 57.2 Å². The molecule has 0 saturated carbocycles. The average molecular weight is 256 g/mol. The van der Waals surface area contributed by atoms with E-state index >= 15 is 0 Å². The maximum Gasteiger partial charge on any atom is 0.119 e. The molecule has 0 radical (unpaired) electrons. The molecule has 2 heteroatoms. The van der Waals surface area contributed by atoms with Gasteiger partial charge in [-0.25, -0.2) is 0 Å². The Labute approximate surface area is 114 Å². The molecule has 0 saturated heterocycles. The minimum atomic E-state index is -0.587.